The summed E-state index contributed by atoms with van der Waals surface area (Å²) in [5.74, 6) is 1.07. The number of allylic oxidation sites excluding steroid dienone is 1. The zero-order chi connectivity index (χ0) is 38.3. The Labute approximate surface area is 334 Å². The van der Waals surface area contributed by atoms with Crippen LogP contribution in [0.15, 0.2) is 180 Å². The fourth-order valence-electron chi connectivity index (χ4n) is 9.28. The zero-order valence-corrected chi connectivity index (χ0v) is 31.8. The second-order valence-electron chi connectivity index (χ2n) is 15.4. The lowest BCUT2D eigenvalue weighted by Gasteiger charge is -2.19. The minimum absolute atomic E-state index is 0.437. The van der Waals surface area contributed by atoms with Gasteiger partial charge in [-0.25, -0.2) is 4.98 Å². The summed E-state index contributed by atoms with van der Waals surface area (Å²) in [6.45, 7) is 2.34. The molecule has 7 aromatic carbocycles. The van der Waals surface area contributed by atoms with Crippen molar-refractivity contribution in [1.29, 1.82) is 0 Å². The van der Waals surface area contributed by atoms with Crippen molar-refractivity contribution in [3.63, 3.8) is 0 Å². The number of rotatable bonds is 5. The molecule has 5 nitrogen and oxygen atoms in total. The molecule has 0 radical (unpaired) electrons. The lowest BCUT2D eigenvalue weighted by atomic mass is 9.92. The summed E-state index contributed by atoms with van der Waals surface area (Å²) in [6.07, 6.45) is 5.71. The van der Waals surface area contributed by atoms with Crippen LogP contribution in [0.1, 0.15) is 30.5 Å². The molecule has 0 amide bonds. The number of benzene rings is 7. The number of fused-ring (bicyclic) bond motifs is 9. The number of hydrogen-bond donors (Lipinski definition) is 0. The quantitative estimate of drug-likeness (QED) is 0.176. The van der Waals surface area contributed by atoms with Crippen LogP contribution < -0.4 is 0 Å². The van der Waals surface area contributed by atoms with Gasteiger partial charge in [-0.2, -0.15) is 4.98 Å². The molecule has 0 aliphatic heterocycles. The van der Waals surface area contributed by atoms with Gasteiger partial charge in [-0.3, -0.25) is 0 Å². The Balaban J connectivity index is 0.965. The Kier molecular flexibility index (Phi) is 7.20. The molecule has 11 aromatic rings. The number of aromatic nitrogens is 4. The first-order valence-electron chi connectivity index (χ1n) is 20.0. The van der Waals surface area contributed by atoms with E-state index in [2.05, 4.69) is 162 Å². The molecule has 0 bridgehead atoms. The van der Waals surface area contributed by atoms with Gasteiger partial charge in [-0.1, -0.05) is 116 Å². The highest BCUT2D eigenvalue weighted by Crippen LogP contribution is 2.42. The fraction of sp³-hybridized carbons (Fsp3) is 0.0566. The molecule has 4 aromatic heterocycles. The van der Waals surface area contributed by atoms with Crippen molar-refractivity contribution in [2.75, 3.05) is 0 Å². The number of hydrogen-bond acceptors (Lipinski definition) is 3. The molecule has 0 N–H and O–H groups in total. The first kappa shape index (κ1) is 32.7. The summed E-state index contributed by atoms with van der Waals surface area (Å²) < 4.78 is 11.1. The van der Waals surface area contributed by atoms with E-state index in [1.807, 2.05) is 36.4 Å². The van der Waals surface area contributed by atoms with Gasteiger partial charge in [-0.15, -0.1) is 0 Å². The van der Waals surface area contributed by atoms with E-state index in [-0.39, 0.29) is 0 Å². The molecule has 1 atom stereocenters. The van der Waals surface area contributed by atoms with Crippen LogP contribution in [0, 0.1) is 0 Å². The van der Waals surface area contributed by atoms with Crippen molar-refractivity contribution in [2.24, 2.45) is 0 Å². The number of nitrogens with zero attached hydrogens (tertiary/aromatic N) is 4. The van der Waals surface area contributed by atoms with Crippen molar-refractivity contribution in [3.8, 4) is 45.1 Å². The van der Waals surface area contributed by atoms with Gasteiger partial charge in [0.05, 0.1) is 27.6 Å². The third kappa shape index (κ3) is 4.96. The maximum Gasteiger partial charge on any atom is 0.231 e. The molecule has 0 spiro atoms. The summed E-state index contributed by atoms with van der Waals surface area (Å²) in [5.41, 5.74) is 15.2. The van der Waals surface area contributed by atoms with Gasteiger partial charge in [-0.05, 0) is 90.3 Å². The van der Waals surface area contributed by atoms with E-state index in [9.17, 15) is 0 Å². The average molecular weight is 745 g/mol. The summed E-state index contributed by atoms with van der Waals surface area (Å²) >= 11 is 0. The summed E-state index contributed by atoms with van der Waals surface area (Å²) in [6, 6.07) is 60.4. The number of para-hydroxylation sites is 3. The molecule has 1 aliphatic carbocycles. The first-order chi connectivity index (χ1) is 28.7. The molecular weight excluding hydrogens is 709 g/mol. The standard InChI is InChI=1S/C53H36N4O/c1-33-13-12-20-41-44-32-37(26-30-47(44)57(51(33)41)38-16-6-3-7-17-38)36-25-29-46-43(31-36)40-18-8-10-21-45(40)56(46)39-27-23-35(24-28-39)52-54-50(34-14-4-2-5-15-34)49-42-19-9-11-22-48(42)58-53(49)55-52/h2-12,14-33H,13H2,1H3. The Morgan fingerprint density at radius 2 is 1.14 bits per heavy atom. The van der Waals surface area contributed by atoms with Crippen LogP contribution >= 0.6 is 0 Å². The SMILES string of the molecule is CC1CC=Cc2c1n(-c1ccccc1)c1ccc(-c3ccc4c(c3)c3ccccc3n4-c3ccc(-c4nc(-c5ccccc5)c5c(n4)oc4ccccc45)cc3)cc21. The highest BCUT2D eigenvalue weighted by Gasteiger charge is 2.24. The van der Waals surface area contributed by atoms with Crippen LogP contribution in [0.2, 0.25) is 0 Å². The van der Waals surface area contributed by atoms with Crippen molar-refractivity contribution in [3.05, 3.63) is 187 Å². The normalized spacial score (nSPS) is 14.0. The van der Waals surface area contributed by atoms with Crippen LogP contribution in [0.25, 0.3) is 106 Å². The fourth-order valence-corrected chi connectivity index (χ4v) is 9.28. The Morgan fingerprint density at radius 1 is 0.517 bits per heavy atom. The Bertz CT molecular complexity index is 3420. The van der Waals surface area contributed by atoms with Crippen molar-refractivity contribution in [1.82, 2.24) is 19.1 Å². The van der Waals surface area contributed by atoms with Crippen LogP contribution in [-0.2, 0) is 0 Å². The Morgan fingerprint density at radius 3 is 1.93 bits per heavy atom. The molecule has 1 aliphatic rings. The van der Waals surface area contributed by atoms with E-state index in [4.69, 9.17) is 14.4 Å². The third-order valence-corrected chi connectivity index (χ3v) is 12.0. The zero-order valence-electron chi connectivity index (χ0n) is 31.8. The van der Waals surface area contributed by atoms with E-state index in [1.54, 1.807) is 0 Å². The first-order valence-corrected chi connectivity index (χ1v) is 20.0. The van der Waals surface area contributed by atoms with Gasteiger partial charge in [0.25, 0.3) is 0 Å². The third-order valence-electron chi connectivity index (χ3n) is 12.0. The molecule has 5 heteroatoms. The lowest BCUT2D eigenvalue weighted by Crippen LogP contribution is -2.06. The minimum atomic E-state index is 0.437. The van der Waals surface area contributed by atoms with E-state index < -0.39 is 0 Å². The predicted molar refractivity (Wildman–Crippen MR) is 239 cm³/mol. The van der Waals surface area contributed by atoms with E-state index >= 15 is 0 Å². The van der Waals surface area contributed by atoms with Crippen molar-refractivity contribution >= 4 is 60.9 Å². The van der Waals surface area contributed by atoms with Crippen molar-refractivity contribution in [2.45, 2.75) is 19.3 Å². The summed E-state index contributed by atoms with van der Waals surface area (Å²) in [5, 5.41) is 5.69. The van der Waals surface area contributed by atoms with Crippen LogP contribution in [0.3, 0.4) is 0 Å². The highest BCUT2D eigenvalue weighted by atomic mass is 16.3. The minimum Gasteiger partial charge on any atom is -0.438 e. The van der Waals surface area contributed by atoms with Gasteiger partial charge in [0, 0.05) is 61.2 Å². The molecule has 0 saturated heterocycles. The van der Waals surface area contributed by atoms with E-state index in [0.717, 1.165) is 56.3 Å². The molecular formula is C53H36N4O. The molecule has 12 rings (SSSR count). The van der Waals surface area contributed by atoms with Crippen LogP contribution in [0.5, 0.6) is 0 Å². The molecule has 0 saturated carbocycles. The summed E-state index contributed by atoms with van der Waals surface area (Å²) in [4.78, 5) is 10.1. The Hall–Kier alpha value is -7.50. The van der Waals surface area contributed by atoms with Gasteiger partial charge < -0.3 is 13.6 Å². The van der Waals surface area contributed by atoms with Gasteiger partial charge in [0.2, 0.25) is 5.71 Å². The van der Waals surface area contributed by atoms with Gasteiger partial charge >= 0.3 is 0 Å². The highest BCUT2D eigenvalue weighted by molar-refractivity contribution is 6.12. The summed E-state index contributed by atoms with van der Waals surface area (Å²) in [7, 11) is 0. The lowest BCUT2D eigenvalue weighted by molar-refractivity contribution is 0.653. The molecule has 0 fully saturated rings. The topological polar surface area (TPSA) is 48.8 Å². The molecule has 4 heterocycles. The smallest absolute Gasteiger partial charge is 0.231 e. The van der Waals surface area contributed by atoms with E-state index in [0.29, 0.717) is 17.5 Å². The van der Waals surface area contributed by atoms with Crippen LogP contribution in [0.4, 0.5) is 0 Å². The second-order valence-corrected chi connectivity index (χ2v) is 15.4. The molecule has 274 valence electrons. The average Bonchev–Trinajstić information content (AvgIpc) is 3.94. The molecule has 1 unspecified atom stereocenters. The maximum absolute atomic E-state index is 6.31. The van der Waals surface area contributed by atoms with Gasteiger partial charge in [0.1, 0.15) is 5.58 Å². The largest absolute Gasteiger partial charge is 0.438 e. The second kappa shape index (κ2) is 12.8. The monoisotopic (exact) mass is 744 g/mol. The maximum atomic E-state index is 6.31. The van der Waals surface area contributed by atoms with E-state index in [1.165, 1.54) is 49.7 Å². The predicted octanol–water partition coefficient (Wildman–Crippen LogP) is 13.9. The molecule has 58 heavy (non-hydrogen) atoms. The van der Waals surface area contributed by atoms with Crippen LogP contribution in [-0.4, -0.2) is 19.1 Å². The van der Waals surface area contributed by atoms with Crippen molar-refractivity contribution < 1.29 is 4.42 Å². The van der Waals surface area contributed by atoms with Gasteiger partial charge in [0.15, 0.2) is 5.82 Å². The number of furan rings is 1.